The summed E-state index contributed by atoms with van der Waals surface area (Å²) in [5.41, 5.74) is 6.17. The van der Waals surface area contributed by atoms with Gasteiger partial charge in [0.15, 0.2) is 0 Å². The van der Waals surface area contributed by atoms with Gasteiger partial charge in [0.25, 0.3) is 5.91 Å². The summed E-state index contributed by atoms with van der Waals surface area (Å²) < 4.78 is 48.6. The van der Waals surface area contributed by atoms with E-state index in [0.29, 0.717) is 24.5 Å². The molecular formula is C25H30F3N7O2. The van der Waals surface area contributed by atoms with Gasteiger partial charge in [0.1, 0.15) is 22.9 Å². The van der Waals surface area contributed by atoms with Gasteiger partial charge < -0.3 is 21.1 Å². The highest BCUT2D eigenvalue weighted by Crippen LogP contribution is 2.28. The second-order valence-electron chi connectivity index (χ2n) is 9.87. The molecule has 0 aromatic carbocycles. The highest BCUT2D eigenvalue weighted by Gasteiger charge is 2.31. The van der Waals surface area contributed by atoms with E-state index in [4.69, 9.17) is 10.5 Å². The molecule has 1 fully saturated rings. The number of carbonyl (C=O) groups is 1. The Bertz CT molecular complexity index is 1340. The lowest BCUT2D eigenvalue weighted by molar-refractivity contribution is -0.127. The maximum absolute atomic E-state index is 13.4. The Labute approximate surface area is 212 Å². The minimum absolute atomic E-state index is 0.00728. The van der Waals surface area contributed by atoms with Crippen LogP contribution in [0.25, 0.3) is 5.52 Å². The molecule has 9 nitrogen and oxygen atoms in total. The molecule has 0 spiro atoms. The topological polar surface area (TPSA) is 112 Å². The van der Waals surface area contributed by atoms with E-state index in [-0.39, 0.29) is 35.2 Å². The molecular weight excluding hydrogens is 487 g/mol. The van der Waals surface area contributed by atoms with E-state index in [1.54, 1.807) is 22.9 Å². The Morgan fingerprint density at radius 3 is 2.62 bits per heavy atom. The summed E-state index contributed by atoms with van der Waals surface area (Å²) in [4.78, 5) is 12.5. The summed E-state index contributed by atoms with van der Waals surface area (Å²) in [7, 11) is 0. The van der Waals surface area contributed by atoms with Crippen LogP contribution in [0.15, 0.2) is 24.4 Å². The van der Waals surface area contributed by atoms with Gasteiger partial charge in [-0.05, 0) is 51.7 Å². The number of anilines is 2. The van der Waals surface area contributed by atoms with Crippen molar-refractivity contribution in [3.05, 3.63) is 41.2 Å². The van der Waals surface area contributed by atoms with Crippen LogP contribution in [0.1, 0.15) is 55.2 Å². The van der Waals surface area contributed by atoms with Crippen molar-refractivity contribution < 1.29 is 22.7 Å². The predicted octanol–water partition coefficient (Wildman–Crippen LogP) is 3.35. The van der Waals surface area contributed by atoms with Crippen LogP contribution in [0.2, 0.25) is 0 Å². The van der Waals surface area contributed by atoms with Crippen molar-refractivity contribution >= 4 is 23.1 Å². The predicted molar refractivity (Wildman–Crippen MR) is 133 cm³/mol. The Hall–Kier alpha value is -3.72. The van der Waals surface area contributed by atoms with Crippen LogP contribution in [-0.4, -0.2) is 57.3 Å². The van der Waals surface area contributed by atoms with Crippen LogP contribution in [0.4, 0.5) is 24.8 Å². The second-order valence-corrected chi connectivity index (χ2v) is 9.87. The number of nitrogens with zero attached hydrogens (tertiary/aromatic N) is 4. The largest absolute Gasteiger partial charge is 0.393 e. The zero-order valence-corrected chi connectivity index (χ0v) is 20.9. The van der Waals surface area contributed by atoms with Gasteiger partial charge in [0.2, 0.25) is 0 Å². The van der Waals surface area contributed by atoms with Gasteiger partial charge in [-0.25, -0.2) is 9.20 Å². The van der Waals surface area contributed by atoms with Crippen LogP contribution < -0.4 is 16.4 Å². The fraction of sp³-hybridized carbons (Fsp3) is 0.480. The van der Waals surface area contributed by atoms with Gasteiger partial charge in [0, 0.05) is 24.8 Å². The first-order chi connectivity index (χ1) is 17.4. The van der Waals surface area contributed by atoms with E-state index >= 15 is 0 Å². The van der Waals surface area contributed by atoms with E-state index in [1.165, 1.54) is 10.7 Å². The van der Waals surface area contributed by atoms with Crippen LogP contribution in [-0.2, 0) is 16.7 Å². The van der Waals surface area contributed by atoms with Crippen molar-refractivity contribution in [2.75, 3.05) is 30.8 Å². The van der Waals surface area contributed by atoms with Crippen molar-refractivity contribution in [2.24, 2.45) is 0 Å². The number of amides is 1. The first-order valence-electron chi connectivity index (χ1n) is 12.0. The zero-order valence-electron chi connectivity index (χ0n) is 20.9. The molecule has 4 heterocycles. The van der Waals surface area contributed by atoms with Gasteiger partial charge in [0.05, 0.1) is 30.2 Å². The summed E-state index contributed by atoms with van der Waals surface area (Å²) in [5, 5.41) is 14.5. The number of halogens is 3. The highest BCUT2D eigenvalue weighted by molar-refractivity contribution is 5.98. The van der Waals surface area contributed by atoms with Gasteiger partial charge in [-0.2, -0.15) is 23.4 Å². The average Bonchev–Trinajstić information content (AvgIpc) is 3.37. The summed E-state index contributed by atoms with van der Waals surface area (Å²) in [6.07, 6.45) is -2.66. The lowest BCUT2D eigenvalue weighted by Gasteiger charge is -2.24. The normalized spacial score (nSPS) is 14.9. The number of aromatic nitrogens is 4. The number of hydrogen-bond donors (Lipinski definition) is 3. The summed E-state index contributed by atoms with van der Waals surface area (Å²) >= 11 is 0. The Kier molecular flexibility index (Phi) is 7.36. The summed E-state index contributed by atoms with van der Waals surface area (Å²) in [6, 6.07) is 5.19. The number of pyridine rings is 1. The molecule has 0 aliphatic carbocycles. The fourth-order valence-electron chi connectivity index (χ4n) is 4.17. The molecule has 0 atom stereocenters. The molecule has 198 valence electrons. The van der Waals surface area contributed by atoms with Crippen molar-refractivity contribution in [3.8, 4) is 11.8 Å². The molecule has 4 rings (SSSR count). The van der Waals surface area contributed by atoms with E-state index in [2.05, 4.69) is 32.7 Å². The Morgan fingerprint density at radius 2 is 1.97 bits per heavy atom. The highest BCUT2D eigenvalue weighted by atomic mass is 19.4. The Morgan fingerprint density at radius 1 is 1.24 bits per heavy atom. The number of nitrogens with two attached hydrogens (primary N) is 1. The van der Waals surface area contributed by atoms with Crippen molar-refractivity contribution in [1.29, 1.82) is 0 Å². The van der Waals surface area contributed by atoms with Gasteiger partial charge in [-0.3, -0.25) is 4.79 Å². The number of nitrogen functional groups attached to an aromatic ring is 1. The molecule has 1 saturated heterocycles. The van der Waals surface area contributed by atoms with E-state index in [1.807, 2.05) is 20.8 Å². The summed E-state index contributed by atoms with van der Waals surface area (Å²) in [6.45, 7) is 6.85. The van der Waals surface area contributed by atoms with Crippen molar-refractivity contribution in [3.63, 3.8) is 0 Å². The number of nitrogens with one attached hydrogen (secondary N) is 2. The zero-order chi connectivity index (χ0) is 26.8. The standard InChI is InChI=1S/C25H30F3N7O2/c1-24(2,3)35-22(29)18(15-31-35)23(36)30-11-5-6-19-17(14-25(26,27)28)20-7-4-8-21(34(20)33-19)32-16-9-12-37-13-10-16/h4,7-8,15-16,32H,9-14,29H2,1-3H3,(H,30,36). The molecule has 37 heavy (non-hydrogen) atoms. The van der Waals surface area contributed by atoms with Crippen molar-refractivity contribution in [1.82, 2.24) is 24.7 Å². The van der Waals surface area contributed by atoms with Crippen molar-refractivity contribution in [2.45, 2.75) is 57.8 Å². The molecule has 3 aromatic heterocycles. The SMILES string of the molecule is CC(C)(C)n1ncc(C(=O)NCC#Cc2nn3c(NC4CCOCC4)cccc3c2CC(F)(F)F)c1N. The second kappa shape index (κ2) is 10.3. The molecule has 4 N–H and O–H groups in total. The number of fused-ring (bicyclic) bond motifs is 1. The summed E-state index contributed by atoms with van der Waals surface area (Å²) in [5.74, 6) is 5.75. The average molecular weight is 518 g/mol. The molecule has 0 unspecified atom stereocenters. The molecule has 3 aromatic rings. The Balaban J connectivity index is 1.56. The minimum atomic E-state index is -4.44. The maximum Gasteiger partial charge on any atom is 0.393 e. The third-order valence-corrected chi connectivity index (χ3v) is 5.94. The first kappa shape index (κ1) is 26.3. The van der Waals surface area contributed by atoms with E-state index in [0.717, 1.165) is 12.8 Å². The number of rotatable bonds is 5. The minimum Gasteiger partial charge on any atom is -0.383 e. The molecule has 1 amide bonds. The first-order valence-corrected chi connectivity index (χ1v) is 12.0. The lowest BCUT2D eigenvalue weighted by atomic mass is 10.1. The number of carbonyl (C=O) groups excluding carboxylic acids is 1. The van der Waals surface area contributed by atoms with E-state index < -0.39 is 24.0 Å². The molecule has 0 saturated carbocycles. The fourth-order valence-corrected chi connectivity index (χ4v) is 4.17. The molecule has 1 aliphatic heterocycles. The van der Waals surface area contributed by atoms with Crippen LogP contribution in [0.3, 0.4) is 0 Å². The molecule has 1 aliphatic rings. The van der Waals surface area contributed by atoms with Crippen LogP contribution in [0.5, 0.6) is 0 Å². The van der Waals surface area contributed by atoms with Gasteiger partial charge in [-0.15, -0.1) is 0 Å². The smallest absolute Gasteiger partial charge is 0.383 e. The van der Waals surface area contributed by atoms with E-state index in [9.17, 15) is 18.0 Å². The molecule has 0 bridgehead atoms. The van der Waals surface area contributed by atoms with Crippen LogP contribution in [0, 0.1) is 11.8 Å². The third kappa shape index (κ3) is 6.17. The lowest BCUT2D eigenvalue weighted by Crippen LogP contribution is -2.28. The van der Waals surface area contributed by atoms with Gasteiger partial charge in [-0.1, -0.05) is 12.0 Å². The molecule has 12 heteroatoms. The number of ether oxygens (including phenoxy) is 1. The number of hydrogen-bond acceptors (Lipinski definition) is 6. The van der Waals surface area contributed by atoms with Gasteiger partial charge >= 0.3 is 6.18 Å². The molecule has 0 radical (unpaired) electrons. The third-order valence-electron chi connectivity index (χ3n) is 5.94. The maximum atomic E-state index is 13.4. The monoisotopic (exact) mass is 517 g/mol. The number of alkyl halides is 3. The quantitative estimate of drug-likeness (QED) is 0.448. The van der Waals surface area contributed by atoms with Crippen LogP contribution >= 0.6 is 0 Å².